The van der Waals surface area contributed by atoms with Gasteiger partial charge in [-0.05, 0) is 12.1 Å². The molecule has 2 aromatic rings. The first-order valence-corrected chi connectivity index (χ1v) is 8.87. The number of carbonyl (C=O) groups is 1. The Labute approximate surface area is 150 Å². The minimum Gasteiger partial charge on any atom is -0.351 e. The van der Waals surface area contributed by atoms with Crippen molar-refractivity contribution in [3.63, 3.8) is 0 Å². The van der Waals surface area contributed by atoms with Crippen molar-refractivity contribution >= 4 is 28.5 Å². The Morgan fingerprint density at radius 2 is 2.00 bits per heavy atom. The average Bonchev–Trinajstić information content (AvgIpc) is 3.04. The maximum absolute atomic E-state index is 13.8. The summed E-state index contributed by atoms with van der Waals surface area (Å²) in [6.45, 7) is 8.12. The van der Waals surface area contributed by atoms with Crippen LogP contribution >= 0.6 is 11.5 Å². The van der Waals surface area contributed by atoms with E-state index in [1.54, 1.807) is 17.2 Å². The van der Waals surface area contributed by atoms with Crippen molar-refractivity contribution in [1.29, 1.82) is 0 Å². The zero-order valence-corrected chi connectivity index (χ0v) is 15.3. The molecule has 0 aromatic carbocycles. The highest BCUT2D eigenvalue weighted by atomic mass is 32.1. The van der Waals surface area contributed by atoms with E-state index in [1.165, 1.54) is 17.6 Å². The van der Waals surface area contributed by atoms with E-state index >= 15 is 0 Å². The highest BCUT2D eigenvalue weighted by Crippen LogP contribution is 2.23. The monoisotopic (exact) mass is 364 g/mol. The molecule has 7 nitrogen and oxygen atoms in total. The summed E-state index contributed by atoms with van der Waals surface area (Å²) in [6.07, 6.45) is 1.57. The van der Waals surface area contributed by atoms with Crippen LogP contribution in [0.1, 0.15) is 26.6 Å². The smallest absolute Gasteiger partial charge is 0.323 e. The van der Waals surface area contributed by atoms with Crippen LogP contribution in [0.15, 0.2) is 18.3 Å². The number of nitrogens with zero attached hydrogens (tertiary/aromatic N) is 5. The molecule has 0 saturated carbocycles. The number of nitrogens with one attached hydrogen (secondary N) is 1. The SMILES string of the molecule is CC(C)(C)c1nsc(NC(=O)N2CCN(c3ncccc3F)CC2)n1. The van der Waals surface area contributed by atoms with Crippen LogP contribution in [0.2, 0.25) is 0 Å². The fourth-order valence-corrected chi connectivity index (χ4v) is 3.23. The Morgan fingerprint density at radius 1 is 1.28 bits per heavy atom. The largest absolute Gasteiger partial charge is 0.351 e. The van der Waals surface area contributed by atoms with Gasteiger partial charge in [-0.3, -0.25) is 5.32 Å². The minimum absolute atomic E-state index is 0.155. The number of piperazine rings is 1. The second-order valence-corrected chi connectivity index (χ2v) is 7.64. The van der Waals surface area contributed by atoms with Crippen LogP contribution in [0, 0.1) is 5.82 Å². The second kappa shape index (κ2) is 6.91. The van der Waals surface area contributed by atoms with Gasteiger partial charge in [0.15, 0.2) is 11.6 Å². The van der Waals surface area contributed by atoms with Crippen LogP contribution in [-0.2, 0) is 5.41 Å². The molecule has 25 heavy (non-hydrogen) atoms. The van der Waals surface area contributed by atoms with Gasteiger partial charge in [-0.15, -0.1) is 0 Å². The Morgan fingerprint density at radius 3 is 2.60 bits per heavy atom. The number of urea groups is 1. The number of halogens is 1. The third kappa shape index (κ3) is 4.04. The van der Waals surface area contributed by atoms with Crippen molar-refractivity contribution < 1.29 is 9.18 Å². The van der Waals surface area contributed by atoms with Gasteiger partial charge in [-0.25, -0.2) is 19.2 Å². The van der Waals surface area contributed by atoms with Gasteiger partial charge in [-0.1, -0.05) is 20.8 Å². The maximum Gasteiger partial charge on any atom is 0.323 e. The lowest BCUT2D eigenvalue weighted by molar-refractivity contribution is 0.208. The summed E-state index contributed by atoms with van der Waals surface area (Å²) in [5.74, 6) is 0.703. The molecule has 1 aliphatic rings. The summed E-state index contributed by atoms with van der Waals surface area (Å²) in [6, 6.07) is 2.75. The van der Waals surface area contributed by atoms with Crippen molar-refractivity contribution in [2.24, 2.45) is 0 Å². The van der Waals surface area contributed by atoms with E-state index in [0.717, 1.165) is 0 Å². The Hall–Kier alpha value is -2.29. The second-order valence-electron chi connectivity index (χ2n) is 6.89. The van der Waals surface area contributed by atoms with Crippen molar-refractivity contribution in [2.45, 2.75) is 26.2 Å². The summed E-state index contributed by atoms with van der Waals surface area (Å²) in [5.41, 5.74) is -0.155. The molecule has 0 radical (unpaired) electrons. The van der Waals surface area contributed by atoms with E-state index in [2.05, 4.69) is 19.7 Å². The summed E-state index contributed by atoms with van der Waals surface area (Å²) in [5, 5.41) is 3.29. The highest BCUT2D eigenvalue weighted by molar-refractivity contribution is 7.09. The number of carbonyl (C=O) groups excluding carboxylic acids is 1. The lowest BCUT2D eigenvalue weighted by atomic mass is 9.96. The molecular weight excluding hydrogens is 343 g/mol. The summed E-state index contributed by atoms with van der Waals surface area (Å²) in [7, 11) is 0. The van der Waals surface area contributed by atoms with E-state index < -0.39 is 0 Å². The molecule has 0 aliphatic carbocycles. The maximum atomic E-state index is 13.8. The van der Waals surface area contributed by atoms with E-state index in [1.807, 2.05) is 25.7 Å². The molecule has 1 aliphatic heterocycles. The molecule has 3 rings (SSSR count). The molecule has 9 heteroatoms. The van der Waals surface area contributed by atoms with Gasteiger partial charge in [0, 0.05) is 49.3 Å². The van der Waals surface area contributed by atoms with Gasteiger partial charge >= 0.3 is 6.03 Å². The van der Waals surface area contributed by atoms with Crippen LogP contribution in [0.4, 0.5) is 20.1 Å². The molecular formula is C16H21FN6OS. The highest BCUT2D eigenvalue weighted by Gasteiger charge is 2.25. The summed E-state index contributed by atoms with van der Waals surface area (Å²) >= 11 is 1.18. The third-order valence-corrected chi connectivity index (χ3v) is 4.55. The first-order chi connectivity index (χ1) is 11.8. The predicted molar refractivity (Wildman–Crippen MR) is 95.6 cm³/mol. The first-order valence-electron chi connectivity index (χ1n) is 8.10. The molecule has 1 saturated heterocycles. The summed E-state index contributed by atoms with van der Waals surface area (Å²) < 4.78 is 18.1. The van der Waals surface area contributed by atoms with Crippen LogP contribution in [0.3, 0.4) is 0 Å². The van der Waals surface area contributed by atoms with Crippen molar-refractivity contribution in [2.75, 3.05) is 36.4 Å². The zero-order valence-electron chi connectivity index (χ0n) is 14.5. The predicted octanol–water partition coefficient (Wildman–Crippen LogP) is 2.72. The van der Waals surface area contributed by atoms with Crippen LogP contribution in [0.5, 0.6) is 0 Å². The van der Waals surface area contributed by atoms with E-state index in [-0.39, 0.29) is 17.3 Å². The van der Waals surface area contributed by atoms with Crippen molar-refractivity contribution in [1.82, 2.24) is 19.2 Å². The van der Waals surface area contributed by atoms with Gasteiger partial charge in [-0.2, -0.15) is 4.37 Å². The molecule has 1 N–H and O–H groups in total. The quantitative estimate of drug-likeness (QED) is 0.887. The van der Waals surface area contributed by atoms with Crippen molar-refractivity contribution in [3.05, 3.63) is 30.0 Å². The van der Waals surface area contributed by atoms with Gasteiger partial charge in [0.25, 0.3) is 0 Å². The molecule has 0 spiro atoms. The van der Waals surface area contributed by atoms with Gasteiger partial charge in [0.2, 0.25) is 5.13 Å². The lowest BCUT2D eigenvalue weighted by Crippen LogP contribution is -2.50. The number of rotatable bonds is 2. The molecule has 2 amide bonds. The lowest BCUT2D eigenvalue weighted by Gasteiger charge is -2.35. The van der Waals surface area contributed by atoms with Gasteiger partial charge < -0.3 is 9.80 Å². The number of aromatic nitrogens is 3. The normalized spacial score (nSPS) is 15.4. The van der Waals surface area contributed by atoms with Gasteiger partial charge in [0.05, 0.1) is 0 Å². The molecule has 134 valence electrons. The Balaban J connectivity index is 1.57. The van der Waals surface area contributed by atoms with Crippen LogP contribution < -0.4 is 10.2 Å². The molecule has 0 unspecified atom stereocenters. The fraction of sp³-hybridized carbons (Fsp3) is 0.500. The van der Waals surface area contributed by atoms with E-state index in [9.17, 15) is 9.18 Å². The zero-order chi connectivity index (χ0) is 18.0. The van der Waals surface area contributed by atoms with E-state index in [0.29, 0.717) is 43.0 Å². The number of hydrogen-bond acceptors (Lipinski definition) is 6. The van der Waals surface area contributed by atoms with E-state index in [4.69, 9.17) is 0 Å². The Bertz CT molecular complexity index is 751. The minimum atomic E-state index is -0.344. The molecule has 0 atom stereocenters. The molecule has 0 bridgehead atoms. The van der Waals surface area contributed by atoms with Crippen LogP contribution in [-0.4, -0.2) is 51.5 Å². The summed E-state index contributed by atoms with van der Waals surface area (Å²) in [4.78, 5) is 24.4. The number of amides is 2. The molecule has 1 fully saturated rings. The average molecular weight is 364 g/mol. The molecule has 3 heterocycles. The number of pyridine rings is 1. The van der Waals surface area contributed by atoms with Gasteiger partial charge in [0.1, 0.15) is 5.82 Å². The fourth-order valence-electron chi connectivity index (χ4n) is 2.48. The van der Waals surface area contributed by atoms with Crippen molar-refractivity contribution in [3.8, 4) is 0 Å². The Kier molecular flexibility index (Phi) is 4.85. The molecule has 2 aromatic heterocycles. The number of anilines is 2. The standard InChI is InChI=1S/C16H21FN6OS/c1-16(2,3)13-19-14(25-21-13)20-15(24)23-9-7-22(8-10-23)12-11(17)5-4-6-18-12/h4-6H,7-10H2,1-3H3,(H,19,20,21,24). The third-order valence-electron chi connectivity index (χ3n) is 3.92. The van der Waals surface area contributed by atoms with Crippen LogP contribution in [0.25, 0.3) is 0 Å². The first kappa shape index (κ1) is 17.5. The number of hydrogen-bond donors (Lipinski definition) is 1. The topological polar surface area (TPSA) is 74.2 Å².